The molecule has 1 atom stereocenters. The second kappa shape index (κ2) is 12.6. The predicted octanol–water partition coefficient (Wildman–Crippen LogP) is 6.40. The molecule has 0 radical (unpaired) electrons. The molecule has 1 amide bonds. The van der Waals surface area contributed by atoms with Gasteiger partial charge < -0.3 is 18.9 Å². The summed E-state index contributed by atoms with van der Waals surface area (Å²) in [7, 11) is 3.06. The van der Waals surface area contributed by atoms with Crippen molar-refractivity contribution in [3.63, 3.8) is 0 Å². The molecule has 0 saturated carbocycles. The van der Waals surface area contributed by atoms with E-state index >= 15 is 0 Å². The highest BCUT2D eigenvalue weighted by atomic mass is 32.2. The molecular weight excluding hydrogens is 560 g/mol. The normalized spacial score (nSPS) is 16.3. The van der Waals surface area contributed by atoms with E-state index < -0.39 is 5.91 Å². The van der Waals surface area contributed by atoms with Gasteiger partial charge in [-0.15, -0.1) is 11.3 Å². The van der Waals surface area contributed by atoms with Crippen molar-refractivity contribution in [2.24, 2.45) is 10.1 Å². The Morgan fingerprint density at radius 2 is 1.76 bits per heavy atom. The maximum Gasteiger partial charge on any atom is 0.283 e. The fourth-order valence-corrected chi connectivity index (χ4v) is 5.90. The first-order chi connectivity index (χ1) is 19.9. The summed E-state index contributed by atoms with van der Waals surface area (Å²) in [6.07, 6.45) is 2.67. The number of hydrogen-bond acceptors (Lipinski definition) is 9. The molecule has 1 N–H and O–H groups in total. The lowest BCUT2D eigenvalue weighted by molar-refractivity contribution is -0.114. The first-order valence-electron chi connectivity index (χ1n) is 13.1. The van der Waals surface area contributed by atoms with E-state index in [9.17, 15) is 4.79 Å². The van der Waals surface area contributed by atoms with Gasteiger partial charge >= 0.3 is 0 Å². The number of nitrogens with zero attached hydrogens (tertiary/aromatic N) is 3. The standard InChI is InChI=1S/C30H30N4O5S2/c1-5-18(2)20-8-10-21(11-9-20)38-12-13-39-26-23(36-3)16-19(17-24(26)37-4)15-22-27(31)34-30(32-28(22)35)41-29(33-34)25-7-6-14-40-25/h6-11,14-18,31H,5,12-13H2,1-4H3/b22-15-,31-27?/t18-/m1/s1. The molecule has 11 heteroatoms. The quantitative estimate of drug-likeness (QED) is 0.203. The summed E-state index contributed by atoms with van der Waals surface area (Å²) in [5.41, 5.74) is 1.98. The first kappa shape index (κ1) is 28.4. The van der Waals surface area contributed by atoms with Crippen molar-refractivity contribution in [1.82, 2.24) is 5.01 Å². The summed E-state index contributed by atoms with van der Waals surface area (Å²) in [6, 6.07) is 15.4. The first-order valence-corrected chi connectivity index (χ1v) is 14.8. The zero-order valence-electron chi connectivity index (χ0n) is 23.2. The Labute approximate surface area is 247 Å². The number of thioether (sulfide) groups is 1. The molecule has 0 aliphatic carbocycles. The zero-order chi connectivity index (χ0) is 28.9. The number of fused-ring (bicyclic) bond motifs is 1. The van der Waals surface area contributed by atoms with Gasteiger partial charge in [-0.05, 0) is 77.0 Å². The Balaban J connectivity index is 1.29. The van der Waals surface area contributed by atoms with Crippen LogP contribution in [0.1, 0.15) is 42.2 Å². The molecule has 1 aromatic heterocycles. The number of benzene rings is 2. The second-order valence-corrected chi connectivity index (χ2v) is 11.1. The number of hydrogen-bond donors (Lipinski definition) is 1. The van der Waals surface area contributed by atoms with Crippen molar-refractivity contribution >= 4 is 51.1 Å². The van der Waals surface area contributed by atoms with Crippen LogP contribution in [0.15, 0.2) is 69.6 Å². The summed E-state index contributed by atoms with van der Waals surface area (Å²) >= 11 is 2.81. The molecule has 212 valence electrons. The molecule has 0 fully saturated rings. The lowest BCUT2D eigenvalue weighted by atomic mass is 9.99. The van der Waals surface area contributed by atoms with E-state index in [0.29, 0.717) is 45.5 Å². The van der Waals surface area contributed by atoms with Gasteiger partial charge in [-0.1, -0.05) is 32.0 Å². The van der Waals surface area contributed by atoms with Crippen LogP contribution in [-0.4, -0.2) is 54.4 Å². The van der Waals surface area contributed by atoms with Gasteiger partial charge in [0.15, 0.2) is 17.3 Å². The molecular formula is C30H30N4O5S2. The maximum absolute atomic E-state index is 12.9. The van der Waals surface area contributed by atoms with Crippen molar-refractivity contribution in [3.05, 3.63) is 75.5 Å². The van der Waals surface area contributed by atoms with Gasteiger partial charge in [-0.25, -0.2) is 0 Å². The minimum atomic E-state index is -0.510. The van der Waals surface area contributed by atoms with Crippen LogP contribution >= 0.6 is 23.1 Å². The van der Waals surface area contributed by atoms with Crippen LogP contribution in [0.25, 0.3) is 6.08 Å². The minimum Gasteiger partial charge on any atom is -0.493 e. The fraction of sp³-hybridized carbons (Fsp3) is 0.267. The predicted molar refractivity (Wildman–Crippen MR) is 164 cm³/mol. The Morgan fingerprint density at radius 3 is 2.39 bits per heavy atom. The van der Waals surface area contributed by atoms with Gasteiger partial charge in [-0.2, -0.15) is 15.1 Å². The van der Waals surface area contributed by atoms with Crippen molar-refractivity contribution < 1.29 is 23.7 Å². The molecule has 41 heavy (non-hydrogen) atoms. The van der Waals surface area contributed by atoms with Gasteiger partial charge in [0.05, 0.1) is 24.7 Å². The van der Waals surface area contributed by atoms with Gasteiger partial charge in [0.2, 0.25) is 10.9 Å². The smallest absolute Gasteiger partial charge is 0.283 e. The van der Waals surface area contributed by atoms with Crippen molar-refractivity contribution in [2.45, 2.75) is 26.2 Å². The third-order valence-corrected chi connectivity index (χ3v) is 8.59. The number of aliphatic imine (C=N–C) groups is 1. The third-order valence-electron chi connectivity index (χ3n) is 6.64. The number of nitrogens with one attached hydrogen (secondary N) is 1. The highest BCUT2D eigenvalue weighted by Crippen LogP contribution is 2.40. The fourth-order valence-electron chi connectivity index (χ4n) is 4.22. The van der Waals surface area contributed by atoms with Gasteiger partial charge in [0.25, 0.3) is 5.91 Å². The molecule has 2 aliphatic heterocycles. The number of methoxy groups -OCH3 is 2. The molecule has 0 unspecified atom stereocenters. The highest BCUT2D eigenvalue weighted by Gasteiger charge is 2.36. The maximum atomic E-state index is 12.9. The number of amidine groups is 2. The van der Waals surface area contributed by atoms with Crippen LogP contribution in [-0.2, 0) is 4.79 Å². The Morgan fingerprint density at radius 1 is 1.05 bits per heavy atom. The summed E-state index contributed by atoms with van der Waals surface area (Å²) < 4.78 is 23.0. The van der Waals surface area contributed by atoms with Crippen LogP contribution in [0.3, 0.4) is 0 Å². The zero-order valence-corrected chi connectivity index (χ0v) is 24.8. The molecule has 5 rings (SSSR count). The van der Waals surface area contributed by atoms with E-state index in [1.807, 2.05) is 29.6 Å². The second-order valence-electron chi connectivity index (χ2n) is 9.23. The Hall–Kier alpha value is -4.09. The highest BCUT2D eigenvalue weighted by molar-refractivity contribution is 8.27. The number of carbonyl (C=O) groups excluding carboxylic acids is 1. The average Bonchev–Trinajstić information content (AvgIpc) is 3.68. The topological polar surface area (TPSA) is 106 Å². The Kier molecular flexibility index (Phi) is 8.75. The number of ether oxygens (including phenoxy) is 4. The molecule has 0 spiro atoms. The molecule has 3 heterocycles. The molecule has 2 aromatic carbocycles. The largest absolute Gasteiger partial charge is 0.493 e. The summed E-state index contributed by atoms with van der Waals surface area (Å²) in [4.78, 5) is 18.0. The van der Waals surface area contributed by atoms with Crippen LogP contribution in [0.2, 0.25) is 0 Å². The van der Waals surface area contributed by atoms with Gasteiger partial charge in [0.1, 0.15) is 24.0 Å². The van der Waals surface area contributed by atoms with Crippen LogP contribution in [0, 0.1) is 5.41 Å². The monoisotopic (exact) mass is 590 g/mol. The van der Waals surface area contributed by atoms with Gasteiger partial charge in [0, 0.05) is 0 Å². The van der Waals surface area contributed by atoms with Crippen molar-refractivity contribution in [1.29, 1.82) is 5.41 Å². The summed E-state index contributed by atoms with van der Waals surface area (Å²) in [6.45, 7) is 4.97. The van der Waals surface area contributed by atoms with Gasteiger partial charge in [-0.3, -0.25) is 10.2 Å². The van der Waals surface area contributed by atoms with Crippen molar-refractivity contribution in [3.8, 4) is 23.0 Å². The summed E-state index contributed by atoms with van der Waals surface area (Å²) in [5, 5.41) is 17.6. The molecule has 9 nitrogen and oxygen atoms in total. The lowest BCUT2D eigenvalue weighted by Crippen LogP contribution is -2.35. The molecule has 3 aromatic rings. The number of amides is 1. The van der Waals surface area contributed by atoms with E-state index in [2.05, 4.69) is 36.1 Å². The van der Waals surface area contributed by atoms with E-state index in [4.69, 9.17) is 24.4 Å². The van der Waals surface area contributed by atoms with Crippen LogP contribution in [0.5, 0.6) is 23.0 Å². The lowest BCUT2D eigenvalue weighted by Gasteiger charge is -2.20. The molecule has 0 saturated heterocycles. The number of hydrazone groups is 1. The number of rotatable bonds is 11. The van der Waals surface area contributed by atoms with E-state index in [1.165, 1.54) is 47.9 Å². The molecule has 2 aliphatic rings. The van der Waals surface area contributed by atoms with E-state index in [0.717, 1.165) is 17.0 Å². The third kappa shape index (κ3) is 6.15. The van der Waals surface area contributed by atoms with Crippen LogP contribution < -0.4 is 18.9 Å². The molecule has 0 bridgehead atoms. The van der Waals surface area contributed by atoms with Crippen LogP contribution in [0.4, 0.5) is 0 Å². The summed E-state index contributed by atoms with van der Waals surface area (Å²) in [5.74, 6) is 1.98. The average molecular weight is 591 g/mol. The van der Waals surface area contributed by atoms with Crippen molar-refractivity contribution in [2.75, 3.05) is 27.4 Å². The van der Waals surface area contributed by atoms with E-state index in [1.54, 1.807) is 18.2 Å². The SMILES string of the molecule is CC[C@@H](C)c1ccc(OCCOc2c(OC)cc(/C=C3/C(=N)N4N=C(c5cccs5)SC4=NC3=O)cc2OC)cc1. The van der Waals surface area contributed by atoms with E-state index in [-0.39, 0.29) is 18.0 Å². The number of carbonyl (C=O) groups is 1. The minimum absolute atomic E-state index is 0.0494. The number of thiophene rings is 1. The Bertz CT molecular complexity index is 1510.